The normalized spacial score (nSPS) is 12.9. The zero-order chi connectivity index (χ0) is 17.7. The molecule has 0 saturated heterocycles. The molecule has 1 N–H and O–H groups in total. The first-order valence-corrected chi connectivity index (χ1v) is 7.80. The minimum atomic E-state index is -4.38. The van der Waals surface area contributed by atoms with Gasteiger partial charge in [0.1, 0.15) is 6.61 Å². The van der Waals surface area contributed by atoms with Gasteiger partial charge in [0.05, 0.1) is 24.1 Å². The summed E-state index contributed by atoms with van der Waals surface area (Å²) in [5.41, 5.74) is 1.08. The minimum Gasteiger partial charge on any atom is -0.370 e. The van der Waals surface area contributed by atoms with E-state index in [0.29, 0.717) is 5.56 Å². The first-order chi connectivity index (χ1) is 11.2. The largest absolute Gasteiger partial charge is 0.411 e. The van der Waals surface area contributed by atoms with E-state index in [1.54, 1.807) is 13.1 Å². The van der Waals surface area contributed by atoms with Crippen molar-refractivity contribution in [1.82, 2.24) is 15.1 Å². The molecule has 1 heterocycles. The Morgan fingerprint density at radius 2 is 2.04 bits per heavy atom. The molecule has 2 aromatic rings. The molecule has 0 bridgehead atoms. The van der Waals surface area contributed by atoms with Gasteiger partial charge in [-0.05, 0) is 31.2 Å². The van der Waals surface area contributed by atoms with Gasteiger partial charge in [0.2, 0.25) is 0 Å². The highest BCUT2D eigenvalue weighted by atomic mass is 79.9. The van der Waals surface area contributed by atoms with Crippen molar-refractivity contribution in [1.29, 1.82) is 0 Å². The number of amides is 1. The van der Waals surface area contributed by atoms with Crippen molar-refractivity contribution < 1.29 is 22.7 Å². The van der Waals surface area contributed by atoms with Crippen molar-refractivity contribution in [2.45, 2.75) is 19.1 Å². The Morgan fingerprint density at radius 3 is 2.67 bits per heavy atom. The predicted molar refractivity (Wildman–Crippen MR) is 85.1 cm³/mol. The van der Waals surface area contributed by atoms with Crippen LogP contribution in [0.15, 0.2) is 41.1 Å². The van der Waals surface area contributed by atoms with Gasteiger partial charge in [-0.3, -0.25) is 4.79 Å². The second kappa shape index (κ2) is 7.80. The maximum atomic E-state index is 12.1. The van der Waals surface area contributed by atoms with Crippen molar-refractivity contribution in [2.24, 2.45) is 0 Å². The second-order valence-corrected chi connectivity index (χ2v) is 6.07. The van der Waals surface area contributed by atoms with Crippen molar-refractivity contribution in [3.63, 3.8) is 0 Å². The van der Waals surface area contributed by atoms with Crippen LogP contribution in [-0.4, -0.2) is 41.1 Å². The molecule has 0 fully saturated rings. The summed E-state index contributed by atoms with van der Waals surface area (Å²) in [7, 11) is 0. The molecule has 0 spiro atoms. The Kier molecular flexibility index (Phi) is 6.00. The highest BCUT2D eigenvalue weighted by Gasteiger charge is 2.27. The van der Waals surface area contributed by atoms with Crippen LogP contribution in [0.5, 0.6) is 0 Å². The smallest absolute Gasteiger partial charge is 0.370 e. The lowest BCUT2D eigenvalue weighted by atomic mass is 10.3. The zero-order valence-corrected chi connectivity index (χ0v) is 14.3. The third-order valence-electron chi connectivity index (χ3n) is 2.95. The van der Waals surface area contributed by atoms with Crippen LogP contribution in [0.1, 0.15) is 17.3 Å². The number of hydrogen-bond acceptors (Lipinski definition) is 3. The van der Waals surface area contributed by atoms with E-state index in [-0.39, 0.29) is 6.61 Å². The Morgan fingerprint density at radius 1 is 1.38 bits per heavy atom. The van der Waals surface area contributed by atoms with Gasteiger partial charge in [0, 0.05) is 16.7 Å². The van der Waals surface area contributed by atoms with E-state index >= 15 is 0 Å². The number of carbonyl (C=O) groups is 1. The molecule has 1 atom stereocenters. The van der Waals surface area contributed by atoms with Crippen molar-refractivity contribution >= 4 is 21.8 Å². The van der Waals surface area contributed by atoms with Crippen LogP contribution in [0.2, 0.25) is 0 Å². The number of benzene rings is 1. The lowest BCUT2D eigenvalue weighted by Gasteiger charge is -2.14. The van der Waals surface area contributed by atoms with Gasteiger partial charge in [0.15, 0.2) is 0 Å². The fraction of sp³-hybridized carbons (Fsp3) is 0.333. The summed E-state index contributed by atoms with van der Waals surface area (Å²) in [6.45, 7) is -0.00573. The molecule has 5 nitrogen and oxygen atoms in total. The fourth-order valence-corrected chi connectivity index (χ4v) is 2.14. The molecule has 0 aliphatic rings. The van der Waals surface area contributed by atoms with Crippen molar-refractivity contribution in [2.75, 3.05) is 13.2 Å². The van der Waals surface area contributed by atoms with E-state index in [4.69, 9.17) is 0 Å². The lowest BCUT2D eigenvalue weighted by Crippen LogP contribution is -2.36. The summed E-state index contributed by atoms with van der Waals surface area (Å²) in [6.07, 6.45) is -1.45. The fourth-order valence-electron chi connectivity index (χ4n) is 1.88. The third-order valence-corrected chi connectivity index (χ3v) is 3.48. The molecule has 1 aromatic heterocycles. The van der Waals surface area contributed by atoms with Crippen LogP contribution < -0.4 is 5.32 Å². The molecule has 2 rings (SSSR count). The Balaban J connectivity index is 1.90. The summed E-state index contributed by atoms with van der Waals surface area (Å²) < 4.78 is 43.0. The molecule has 0 saturated carbocycles. The molecule has 9 heteroatoms. The zero-order valence-electron chi connectivity index (χ0n) is 12.7. The molecule has 130 valence electrons. The number of alkyl halides is 3. The van der Waals surface area contributed by atoms with E-state index in [2.05, 4.69) is 31.1 Å². The number of rotatable bonds is 6. The topological polar surface area (TPSA) is 56.1 Å². The SMILES string of the molecule is CC(COCC(F)(F)F)NC(=O)c1cnn(-c2ccc(Br)cc2)c1. The monoisotopic (exact) mass is 405 g/mol. The molecule has 0 aliphatic carbocycles. The van der Waals surface area contributed by atoms with Crippen LogP contribution in [0, 0.1) is 0 Å². The number of nitrogens with zero attached hydrogens (tertiary/aromatic N) is 2. The van der Waals surface area contributed by atoms with Crippen LogP contribution in [0.3, 0.4) is 0 Å². The molecule has 24 heavy (non-hydrogen) atoms. The van der Waals surface area contributed by atoms with Gasteiger partial charge in [-0.1, -0.05) is 15.9 Å². The number of halogens is 4. The second-order valence-electron chi connectivity index (χ2n) is 5.15. The quantitative estimate of drug-likeness (QED) is 0.801. The predicted octanol–water partition coefficient (Wildman–Crippen LogP) is 3.33. The molecule has 1 unspecified atom stereocenters. The van der Waals surface area contributed by atoms with E-state index in [9.17, 15) is 18.0 Å². The van der Waals surface area contributed by atoms with Gasteiger partial charge >= 0.3 is 6.18 Å². The highest BCUT2D eigenvalue weighted by molar-refractivity contribution is 9.10. The molecule has 1 amide bonds. The van der Waals surface area contributed by atoms with Crippen molar-refractivity contribution in [3.05, 3.63) is 46.7 Å². The van der Waals surface area contributed by atoms with Crippen LogP contribution >= 0.6 is 15.9 Å². The van der Waals surface area contributed by atoms with Crippen molar-refractivity contribution in [3.8, 4) is 5.69 Å². The molecule has 0 aliphatic heterocycles. The average molecular weight is 406 g/mol. The average Bonchev–Trinajstić information content (AvgIpc) is 2.96. The summed E-state index contributed by atoms with van der Waals surface area (Å²) in [5.74, 6) is -0.429. The summed E-state index contributed by atoms with van der Waals surface area (Å²) >= 11 is 3.33. The standard InChI is InChI=1S/C15H15BrF3N3O2/c1-10(8-24-9-15(17,18)19)21-14(23)11-6-20-22(7-11)13-4-2-12(16)3-5-13/h2-7,10H,8-9H2,1H3,(H,21,23). The van der Waals surface area contributed by atoms with Crippen LogP contribution in [0.25, 0.3) is 5.69 Å². The van der Waals surface area contributed by atoms with E-state index in [1.165, 1.54) is 10.9 Å². The number of hydrogen-bond donors (Lipinski definition) is 1. The maximum absolute atomic E-state index is 12.1. The van der Waals surface area contributed by atoms with E-state index < -0.39 is 24.7 Å². The van der Waals surface area contributed by atoms with Crippen LogP contribution in [-0.2, 0) is 4.74 Å². The van der Waals surface area contributed by atoms with E-state index in [0.717, 1.165) is 10.2 Å². The number of ether oxygens (including phenoxy) is 1. The number of carbonyl (C=O) groups excluding carboxylic acids is 1. The number of aromatic nitrogens is 2. The number of nitrogens with one attached hydrogen (secondary N) is 1. The molecule has 1 aromatic carbocycles. The molecular weight excluding hydrogens is 391 g/mol. The lowest BCUT2D eigenvalue weighted by molar-refractivity contribution is -0.174. The Hall–Kier alpha value is -1.87. The van der Waals surface area contributed by atoms with Gasteiger partial charge < -0.3 is 10.1 Å². The highest BCUT2D eigenvalue weighted by Crippen LogP contribution is 2.15. The van der Waals surface area contributed by atoms with E-state index in [1.807, 2.05) is 24.3 Å². The van der Waals surface area contributed by atoms with Gasteiger partial charge in [0.25, 0.3) is 5.91 Å². The first kappa shape index (κ1) is 18.5. The summed E-state index contributed by atoms with van der Waals surface area (Å²) in [6, 6.07) is 6.78. The van der Waals surface area contributed by atoms with Gasteiger partial charge in [-0.2, -0.15) is 18.3 Å². The van der Waals surface area contributed by atoms with Crippen LogP contribution in [0.4, 0.5) is 13.2 Å². The third kappa shape index (κ3) is 5.64. The molecule has 0 radical (unpaired) electrons. The Bertz CT molecular complexity index is 686. The Labute approximate surface area is 144 Å². The van der Waals surface area contributed by atoms with Gasteiger partial charge in [-0.15, -0.1) is 0 Å². The first-order valence-electron chi connectivity index (χ1n) is 7.00. The summed E-state index contributed by atoms with van der Waals surface area (Å²) in [4.78, 5) is 12.1. The molecular formula is C15H15BrF3N3O2. The minimum absolute atomic E-state index is 0.230. The maximum Gasteiger partial charge on any atom is 0.411 e. The van der Waals surface area contributed by atoms with Gasteiger partial charge in [-0.25, -0.2) is 4.68 Å². The summed E-state index contributed by atoms with van der Waals surface area (Å²) in [5, 5.41) is 6.66.